The second kappa shape index (κ2) is 7.07. The quantitative estimate of drug-likeness (QED) is 0.913. The highest BCUT2D eigenvalue weighted by atomic mass is 16.1. The molecule has 0 radical (unpaired) electrons. The fraction of sp³-hybridized carbons (Fsp3) is 0.333. The molecule has 116 valence electrons. The molecule has 4 heteroatoms. The van der Waals surface area contributed by atoms with Gasteiger partial charge >= 0.3 is 0 Å². The fourth-order valence-electron chi connectivity index (χ4n) is 2.31. The predicted octanol–water partition coefficient (Wildman–Crippen LogP) is 3.80. The summed E-state index contributed by atoms with van der Waals surface area (Å²) in [6, 6.07) is 9.51. The van der Waals surface area contributed by atoms with Crippen molar-refractivity contribution in [3.63, 3.8) is 0 Å². The van der Waals surface area contributed by atoms with E-state index >= 15 is 0 Å². The van der Waals surface area contributed by atoms with Gasteiger partial charge in [-0.05, 0) is 63.1 Å². The summed E-state index contributed by atoms with van der Waals surface area (Å²) in [6.07, 6.45) is 1.79. The Morgan fingerprint density at radius 3 is 2.36 bits per heavy atom. The van der Waals surface area contributed by atoms with Crippen molar-refractivity contribution >= 4 is 17.4 Å². The summed E-state index contributed by atoms with van der Waals surface area (Å²) in [6.45, 7) is 10.1. The number of amides is 1. The lowest BCUT2D eigenvalue weighted by Gasteiger charge is -2.20. The highest BCUT2D eigenvalue weighted by Crippen LogP contribution is 2.16. The predicted molar refractivity (Wildman–Crippen MR) is 91.7 cm³/mol. The molecular formula is C18H23N3O. The van der Waals surface area contributed by atoms with Gasteiger partial charge in [0.1, 0.15) is 5.82 Å². The van der Waals surface area contributed by atoms with Gasteiger partial charge in [0.05, 0.1) is 11.9 Å². The van der Waals surface area contributed by atoms with Crippen molar-refractivity contribution in [2.45, 2.75) is 27.7 Å². The van der Waals surface area contributed by atoms with Crippen molar-refractivity contribution in [1.29, 1.82) is 0 Å². The van der Waals surface area contributed by atoms with Crippen molar-refractivity contribution in [1.82, 2.24) is 4.98 Å². The molecule has 22 heavy (non-hydrogen) atoms. The van der Waals surface area contributed by atoms with Crippen LogP contribution in [-0.2, 0) is 0 Å². The third-order valence-corrected chi connectivity index (χ3v) is 3.89. The van der Waals surface area contributed by atoms with Crippen LogP contribution >= 0.6 is 0 Å². The molecule has 1 amide bonds. The van der Waals surface area contributed by atoms with E-state index in [2.05, 4.69) is 29.0 Å². The maximum Gasteiger partial charge on any atom is 0.256 e. The van der Waals surface area contributed by atoms with Crippen molar-refractivity contribution in [3.05, 3.63) is 53.2 Å². The third-order valence-electron chi connectivity index (χ3n) is 3.89. The van der Waals surface area contributed by atoms with Gasteiger partial charge in [-0.15, -0.1) is 0 Å². The molecule has 0 saturated heterocycles. The number of benzene rings is 1. The van der Waals surface area contributed by atoms with Gasteiger partial charge in [0.2, 0.25) is 0 Å². The Morgan fingerprint density at radius 1 is 1.09 bits per heavy atom. The Balaban J connectivity index is 2.10. The topological polar surface area (TPSA) is 45.2 Å². The van der Waals surface area contributed by atoms with Crippen LogP contribution < -0.4 is 10.2 Å². The number of hydrogen-bond acceptors (Lipinski definition) is 3. The van der Waals surface area contributed by atoms with E-state index in [1.807, 2.05) is 44.2 Å². The molecule has 1 heterocycles. The Labute approximate surface area is 132 Å². The SMILES string of the molecule is CCN(CC)c1ccc(NC(=O)c2ccc(C)c(C)c2)nc1. The van der Waals surface area contributed by atoms with Crippen LogP contribution in [0.2, 0.25) is 0 Å². The number of carbonyl (C=O) groups is 1. The van der Waals surface area contributed by atoms with E-state index in [1.54, 1.807) is 6.20 Å². The summed E-state index contributed by atoms with van der Waals surface area (Å²) in [7, 11) is 0. The first-order chi connectivity index (χ1) is 10.5. The number of pyridine rings is 1. The largest absolute Gasteiger partial charge is 0.371 e. The van der Waals surface area contributed by atoms with Gasteiger partial charge in [0, 0.05) is 18.7 Å². The molecule has 2 aromatic rings. The van der Waals surface area contributed by atoms with E-state index in [1.165, 1.54) is 5.56 Å². The number of anilines is 2. The lowest BCUT2D eigenvalue weighted by molar-refractivity contribution is 0.102. The van der Waals surface area contributed by atoms with Gasteiger partial charge in [0.25, 0.3) is 5.91 Å². The standard InChI is InChI=1S/C18H23N3O/c1-5-21(6-2)16-9-10-17(19-12-16)20-18(22)15-8-7-13(3)14(4)11-15/h7-12H,5-6H2,1-4H3,(H,19,20,22). The monoisotopic (exact) mass is 297 g/mol. The van der Waals surface area contributed by atoms with Gasteiger partial charge in [-0.3, -0.25) is 4.79 Å². The first-order valence-corrected chi connectivity index (χ1v) is 7.64. The third kappa shape index (κ3) is 3.64. The summed E-state index contributed by atoms with van der Waals surface area (Å²) >= 11 is 0. The highest BCUT2D eigenvalue weighted by molar-refractivity contribution is 6.03. The number of nitrogens with zero attached hydrogens (tertiary/aromatic N) is 2. The van der Waals surface area contributed by atoms with Gasteiger partial charge in [-0.1, -0.05) is 6.07 Å². The Bertz CT molecular complexity index is 646. The molecule has 0 aliphatic heterocycles. The van der Waals surface area contributed by atoms with Crippen molar-refractivity contribution in [2.24, 2.45) is 0 Å². The van der Waals surface area contributed by atoms with E-state index < -0.39 is 0 Å². The normalized spacial score (nSPS) is 10.4. The minimum absolute atomic E-state index is 0.133. The number of aromatic nitrogens is 1. The molecule has 0 spiro atoms. The second-order valence-electron chi connectivity index (χ2n) is 5.33. The Hall–Kier alpha value is -2.36. The van der Waals surface area contributed by atoms with E-state index in [0.29, 0.717) is 11.4 Å². The van der Waals surface area contributed by atoms with Crippen LogP contribution in [0.3, 0.4) is 0 Å². The first kappa shape index (κ1) is 16.0. The zero-order chi connectivity index (χ0) is 16.1. The highest BCUT2D eigenvalue weighted by Gasteiger charge is 2.08. The van der Waals surface area contributed by atoms with Crippen LogP contribution in [0.5, 0.6) is 0 Å². The lowest BCUT2D eigenvalue weighted by atomic mass is 10.1. The summed E-state index contributed by atoms with van der Waals surface area (Å²) < 4.78 is 0. The van der Waals surface area contributed by atoms with Crippen LogP contribution in [0.15, 0.2) is 36.5 Å². The summed E-state index contributed by atoms with van der Waals surface area (Å²) in [5.74, 6) is 0.435. The summed E-state index contributed by atoms with van der Waals surface area (Å²) in [5.41, 5.74) is 4.00. The van der Waals surface area contributed by atoms with Crippen molar-refractivity contribution in [2.75, 3.05) is 23.3 Å². The number of nitrogens with one attached hydrogen (secondary N) is 1. The smallest absolute Gasteiger partial charge is 0.256 e. The minimum atomic E-state index is -0.133. The molecule has 1 aromatic carbocycles. The van der Waals surface area contributed by atoms with Crippen LogP contribution in [0.25, 0.3) is 0 Å². The van der Waals surface area contributed by atoms with Crippen LogP contribution in [-0.4, -0.2) is 24.0 Å². The molecule has 0 aliphatic rings. The van der Waals surface area contributed by atoms with Gasteiger partial charge < -0.3 is 10.2 Å². The molecule has 1 N–H and O–H groups in total. The van der Waals surface area contributed by atoms with E-state index in [9.17, 15) is 4.79 Å². The summed E-state index contributed by atoms with van der Waals surface area (Å²) in [5, 5.41) is 2.84. The molecule has 4 nitrogen and oxygen atoms in total. The molecular weight excluding hydrogens is 274 g/mol. The van der Waals surface area contributed by atoms with E-state index in [-0.39, 0.29) is 5.91 Å². The summed E-state index contributed by atoms with van der Waals surface area (Å²) in [4.78, 5) is 18.8. The molecule has 0 unspecified atom stereocenters. The maximum absolute atomic E-state index is 12.2. The van der Waals surface area contributed by atoms with Gasteiger partial charge in [-0.2, -0.15) is 0 Å². The second-order valence-corrected chi connectivity index (χ2v) is 5.33. The molecule has 0 aliphatic carbocycles. The molecule has 0 bridgehead atoms. The maximum atomic E-state index is 12.2. The fourth-order valence-corrected chi connectivity index (χ4v) is 2.31. The zero-order valence-corrected chi connectivity index (χ0v) is 13.7. The zero-order valence-electron chi connectivity index (χ0n) is 13.7. The number of aryl methyl sites for hydroxylation is 2. The molecule has 0 fully saturated rings. The van der Waals surface area contributed by atoms with Gasteiger partial charge in [-0.25, -0.2) is 4.98 Å². The lowest BCUT2D eigenvalue weighted by Crippen LogP contribution is -2.22. The van der Waals surface area contributed by atoms with Crippen LogP contribution in [0.1, 0.15) is 35.3 Å². The number of carbonyl (C=O) groups excluding carboxylic acids is 1. The number of rotatable bonds is 5. The minimum Gasteiger partial charge on any atom is -0.371 e. The first-order valence-electron chi connectivity index (χ1n) is 7.64. The Kier molecular flexibility index (Phi) is 5.15. The van der Waals surface area contributed by atoms with Crippen LogP contribution in [0.4, 0.5) is 11.5 Å². The average molecular weight is 297 g/mol. The molecule has 0 atom stereocenters. The molecule has 2 rings (SSSR count). The van der Waals surface area contributed by atoms with Crippen molar-refractivity contribution in [3.8, 4) is 0 Å². The Morgan fingerprint density at radius 2 is 1.82 bits per heavy atom. The van der Waals surface area contributed by atoms with E-state index in [4.69, 9.17) is 0 Å². The van der Waals surface area contributed by atoms with Gasteiger partial charge in [0.15, 0.2) is 0 Å². The van der Waals surface area contributed by atoms with Crippen molar-refractivity contribution < 1.29 is 4.79 Å². The van der Waals surface area contributed by atoms with E-state index in [0.717, 1.165) is 24.3 Å². The molecule has 0 saturated carbocycles. The molecule has 1 aromatic heterocycles. The van der Waals surface area contributed by atoms with Crippen LogP contribution in [0, 0.1) is 13.8 Å². The average Bonchev–Trinajstić information content (AvgIpc) is 2.52. The number of hydrogen-bond donors (Lipinski definition) is 1.